The summed E-state index contributed by atoms with van der Waals surface area (Å²) in [7, 11) is 3.25. The molecule has 0 N–H and O–H groups in total. The average Bonchev–Trinajstić information content (AvgIpc) is 2.90. The van der Waals surface area contributed by atoms with E-state index < -0.39 is 5.91 Å². The van der Waals surface area contributed by atoms with Crippen LogP contribution in [0.25, 0.3) is 10.2 Å². The first-order valence-corrected chi connectivity index (χ1v) is 7.98. The van der Waals surface area contributed by atoms with E-state index in [-0.39, 0.29) is 12.4 Å². The lowest BCUT2D eigenvalue weighted by atomic mass is 10.3. The highest BCUT2D eigenvalue weighted by molar-refractivity contribution is 7.16. The number of fused-ring (bicyclic) bond motifs is 1. The number of carbonyl (C=O) groups is 1. The lowest BCUT2D eigenvalue weighted by Crippen LogP contribution is -2.17. The standard InChI is InChI=1S/C17H15FN2O3S/c1-20-16-13(18)4-3-5-14(16)24-17(20)19-15(21)10-23-12-8-6-11(22-2)7-9-12/h3-9H,10H2,1-2H3. The van der Waals surface area contributed by atoms with Crippen molar-refractivity contribution in [2.45, 2.75) is 0 Å². The van der Waals surface area contributed by atoms with Crippen LogP contribution in [0.15, 0.2) is 47.5 Å². The summed E-state index contributed by atoms with van der Waals surface area (Å²) in [5.41, 5.74) is 0.435. The van der Waals surface area contributed by atoms with Crippen LogP contribution in [0.3, 0.4) is 0 Å². The number of hydrogen-bond donors (Lipinski definition) is 0. The van der Waals surface area contributed by atoms with Gasteiger partial charge in [0.2, 0.25) is 0 Å². The molecule has 1 amide bonds. The van der Waals surface area contributed by atoms with Gasteiger partial charge in [0.05, 0.1) is 17.3 Å². The van der Waals surface area contributed by atoms with Crippen molar-refractivity contribution in [3.63, 3.8) is 0 Å². The Hall–Kier alpha value is -2.67. The topological polar surface area (TPSA) is 52.8 Å². The van der Waals surface area contributed by atoms with Crippen molar-refractivity contribution in [2.24, 2.45) is 12.0 Å². The van der Waals surface area contributed by atoms with Crippen molar-refractivity contribution in [3.05, 3.63) is 53.1 Å². The highest BCUT2D eigenvalue weighted by Gasteiger charge is 2.09. The predicted octanol–water partition coefficient (Wildman–Crippen LogP) is 2.89. The Morgan fingerprint density at radius 2 is 1.92 bits per heavy atom. The van der Waals surface area contributed by atoms with Gasteiger partial charge >= 0.3 is 0 Å². The third-order valence-electron chi connectivity index (χ3n) is 3.42. The Morgan fingerprint density at radius 3 is 2.58 bits per heavy atom. The maximum absolute atomic E-state index is 13.9. The minimum Gasteiger partial charge on any atom is -0.497 e. The number of methoxy groups -OCH3 is 1. The third kappa shape index (κ3) is 3.30. The van der Waals surface area contributed by atoms with Gasteiger partial charge in [-0.3, -0.25) is 4.79 Å². The fourth-order valence-electron chi connectivity index (χ4n) is 2.22. The number of carbonyl (C=O) groups excluding carboxylic acids is 1. The van der Waals surface area contributed by atoms with Crippen LogP contribution in [0.2, 0.25) is 0 Å². The first kappa shape index (κ1) is 16.2. The van der Waals surface area contributed by atoms with Gasteiger partial charge < -0.3 is 14.0 Å². The van der Waals surface area contributed by atoms with E-state index in [2.05, 4.69) is 4.99 Å². The molecule has 0 saturated heterocycles. The lowest BCUT2D eigenvalue weighted by molar-refractivity contribution is -0.120. The molecule has 0 radical (unpaired) electrons. The molecule has 0 aliphatic carbocycles. The van der Waals surface area contributed by atoms with Crippen LogP contribution in [-0.4, -0.2) is 24.2 Å². The molecule has 3 rings (SSSR count). The van der Waals surface area contributed by atoms with Crippen LogP contribution in [0.5, 0.6) is 11.5 Å². The largest absolute Gasteiger partial charge is 0.497 e. The number of aryl methyl sites for hydroxylation is 1. The van der Waals surface area contributed by atoms with E-state index in [1.54, 1.807) is 55.1 Å². The number of hydrogen-bond acceptors (Lipinski definition) is 4. The van der Waals surface area contributed by atoms with Crippen LogP contribution in [0.4, 0.5) is 4.39 Å². The molecular weight excluding hydrogens is 331 g/mol. The summed E-state index contributed by atoms with van der Waals surface area (Å²) in [4.78, 5) is 16.4. The molecule has 0 spiro atoms. The number of thiazole rings is 1. The number of aromatic nitrogens is 1. The summed E-state index contributed by atoms with van der Waals surface area (Å²) in [6.07, 6.45) is 0. The van der Waals surface area contributed by atoms with Gasteiger partial charge in [-0.25, -0.2) is 4.39 Å². The highest BCUT2D eigenvalue weighted by atomic mass is 32.1. The molecule has 3 aromatic rings. The molecule has 0 atom stereocenters. The van der Waals surface area contributed by atoms with Gasteiger partial charge in [0.25, 0.3) is 5.91 Å². The molecule has 0 bridgehead atoms. The normalized spacial score (nSPS) is 11.7. The van der Waals surface area contributed by atoms with Gasteiger partial charge in [0.15, 0.2) is 11.4 Å². The average molecular weight is 346 g/mol. The molecule has 0 unspecified atom stereocenters. The second-order valence-corrected chi connectivity index (χ2v) is 6.01. The molecule has 0 aliphatic rings. The number of ether oxygens (including phenoxy) is 2. The zero-order valence-corrected chi connectivity index (χ0v) is 14.0. The summed E-state index contributed by atoms with van der Waals surface area (Å²) in [6.45, 7) is -0.191. The van der Waals surface area contributed by atoms with Crippen LogP contribution >= 0.6 is 11.3 Å². The number of benzene rings is 2. The van der Waals surface area contributed by atoms with Crippen molar-refractivity contribution < 1.29 is 18.7 Å². The highest BCUT2D eigenvalue weighted by Crippen LogP contribution is 2.19. The van der Waals surface area contributed by atoms with Crippen LogP contribution in [0, 0.1) is 5.82 Å². The summed E-state index contributed by atoms with van der Waals surface area (Å²) in [6, 6.07) is 11.7. The molecule has 7 heteroatoms. The lowest BCUT2D eigenvalue weighted by Gasteiger charge is -2.04. The van der Waals surface area contributed by atoms with Crippen molar-refractivity contribution in [1.82, 2.24) is 4.57 Å². The Morgan fingerprint density at radius 1 is 1.21 bits per heavy atom. The Bertz CT molecular complexity index is 945. The molecular formula is C17H15FN2O3S. The molecule has 124 valence electrons. The summed E-state index contributed by atoms with van der Waals surface area (Å²) in [5.74, 6) is 0.479. The van der Waals surface area contributed by atoms with E-state index in [4.69, 9.17) is 9.47 Å². The molecule has 2 aromatic carbocycles. The van der Waals surface area contributed by atoms with Crippen LogP contribution < -0.4 is 14.3 Å². The van der Waals surface area contributed by atoms with Gasteiger partial charge in [0.1, 0.15) is 17.3 Å². The fourth-order valence-corrected chi connectivity index (χ4v) is 3.27. The zero-order valence-electron chi connectivity index (χ0n) is 13.2. The van der Waals surface area contributed by atoms with Gasteiger partial charge in [0, 0.05) is 7.05 Å². The number of rotatable bonds is 4. The molecule has 24 heavy (non-hydrogen) atoms. The first-order valence-electron chi connectivity index (χ1n) is 7.17. The fraction of sp³-hybridized carbons (Fsp3) is 0.176. The SMILES string of the molecule is COc1ccc(OCC(=O)N=c2sc3cccc(F)c3n2C)cc1. The van der Waals surface area contributed by atoms with E-state index in [9.17, 15) is 9.18 Å². The minimum absolute atomic E-state index is 0.191. The Balaban J connectivity index is 1.77. The van der Waals surface area contributed by atoms with Crippen molar-refractivity contribution in [1.29, 1.82) is 0 Å². The van der Waals surface area contributed by atoms with Crippen molar-refractivity contribution >= 4 is 27.5 Å². The number of halogens is 1. The van der Waals surface area contributed by atoms with Gasteiger partial charge in [-0.05, 0) is 36.4 Å². The quantitative estimate of drug-likeness (QED) is 0.730. The minimum atomic E-state index is -0.437. The monoisotopic (exact) mass is 346 g/mol. The summed E-state index contributed by atoms with van der Waals surface area (Å²) in [5, 5.41) is 0. The van der Waals surface area contributed by atoms with Crippen LogP contribution in [0.1, 0.15) is 0 Å². The molecule has 0 saturated carbocycles. The molecule has 0 aliphatic heterocycles. The zero-order chi connectivity index (χ0) is 17.1. The number of para-hydroxylation sites is 1. The number of amides is 1. The van der Waals surface area contributed by atoms with Crippen molar-refractivity contribution in [2.75, 3.05) is 13.7 Å². The van der Waals surface area contributed by atoms with E-state index >= 15 is 0 Å². The van der Waals surface area contributed by atoms with Gasteiger partial charge in [-0.15, -0.1) is 0 Å². The second-order valence-electron chi connectivity index (χ2n) is 5.00. The predicted molar refractivity (Wildman–Crippen MR) is 89.8 cm³/mol. The molecule has 0 fully saturated rings. The maximum atomic E-state index is 13.9. The number of nitrogens with zero attached hydrogens (tertiary/aromatic N) is 2. The van der Waals surface area contributed by atoms with E-state index in [0.29, 0.717) is 21.8 Å². The van der Waals surface area contributed by atoms with Crippen molar-refractivity contribution in [3.8, 4) is 11.5 Å². The van der Waals surface area contributed by atoms with Gasteiger partial charge in [-0.2, -0.15) is 4.99 Å². The van der Waals surface area contributed by atoms with E-state index in [0.717, 1.165) is 4.70 Å². The smallest absolute Gasteiger partial charge is 0.286 e. The second kappa shape index (κ2) is 6.84. The van der Waals surface area contributed by atoms with E-state index in [1.807, 2.05) is 0 Å². The van der Waals surface area contributed by atoms with Gasteiger partial charge in [-0.1, -0.05) is 17.4 Å². The van der Waals surface area contributed by atoms with E-state index in [1.165, 1.54) is 17.4 Å². The molecule has 1 aromatic heterocycles. The maximum Gasteiger partial charge on any atom is 0.286 e. The third-order valence-corrected chi connectivity index (χ3v) is 4.51. The Kier molecular flexibility index (Phi) is 4.61. The molecule has 5 nitrogen and oxygen atoms in total. The first-order chi connectivity index (χ1) is 11.6. The Labute approximate surface area is 141 Å². The summed E-state index contributed by atoms with van der Waals surface area (Å²) < 4.78 is 26.6. The summed E-state index contributed by atoms with van der Waals surface area (Å²) >= 11 is 1.26. The molecule has 1 heterocycles. The van der Waals surface area contributed by atoms with Crippen LogP contribution in [-0.2, 0) is 11.8 Å².